The molecule has 1 aliphatic rings. The third-order valence-corrected chi connectivity index (χ3v) is 3.35. The number of ether oxygens (including phenoxy) is 1. The lowest BCUT2D eigenvalue weighted by atomic mass is 9.98. The van der Waals surface area contributed by atoms with E-state index in [2.05, 4.69) is 30.8 Å². The van der Waals surface area contributed by atoms with E-state index in [9.17, 15) is 9.90 Å². The van der Waals surface area contributed by atoms with Gasteiger partial charge in [0.25, 0.3) is 0 Å². The molecule has 0 radical (unpaired) electrons. The molecule has 0 saturated heterocycles. The zero-order chi connectivity index (χ0) is 16.1. The number of carbonyl (C=O) groups is 1. The van der Waals surface area contributed by atoms with Gasteiger partial charge in [-0.25, -0.2) is 4.79 Å². The van der Waals surface area contributed by atoms with Crippen LogP contribution in [0.3, 0.4) is 0 Å². The van der Waals surface area contributed by atoms with Crippen LogP contribution in [0.2, 0.25) is 0 Å². The maximum absolute atomic E-state index is 10.8. The van der Waals surface area contributed by atoms with E-state index < -0.39 is 6.09 Å². The lowest BCUT2D eigenvalue weighted by molar-refractivity contribution is -0.300. The van der Waals surface area contributed by atoms with Crippen LogP contribution < -0.4 is 10.8 Å². The maximum Gasteiger partial charge on any atom is 0.404 e. The van der Waals surface area contributed by atoms with Crippen molar-refractivity contribution in [3.05, 3.63) is 72.0 Å². The maximum atomic E-state index is 10.8. The summed E-state index contributed by atoms with van der Waals surface area (Å²) in [6.45, 7) is 4.71. The molecule has 22 heavy (non-hydrogen) atoms. The second kappa shape index (κ2) is 6.80. The monoisotopic (exact) mass is 296 g/mol. The highest BCUT2D eigenvalue weighted by atomic mass is 16.5. The summed E-state index contributed by atoms with van der Waals surface area (Å²) in [7, 11) is 0. The third-order valence-electron chi connectivity index (χ3n) is 3.35. The second-order valence-corrected chi connectivity index (χ2v) is 5.06. The van der Waals surface area contributed by atoms with Gasteiger partial charge in [-0.3, -0.25) is 0 Å². The van der Waals surface area contributed by atoms with Crippen molar-refractivity contribution in [3.8, 4) is 11.1 Å². The lowest BCUT2D eigenvalue weighted by Crippen LogP contribution is -2.17. The highest BCUT2D eigenvalue weighted by molar-refractivity contribution is 5.79. The van der Waals surface area contributed by atoms with E-state index in [-0.39, 0.29) is 11.7 Å². The molecule has 0 saturated carbocycles. The Morgan fingerprint density at radius 3 is 1.95 bits per heavy atom. The predicted molar refractivity (Wildman–Crippen MR) is 84.1 cm³/mol. The highest BCUT2D eigenvalue weighted by Gasteiger charge is 2.28. The summed E-state index contributed by atoms with van der Waals surface area (Å²) in [4.78, 5) is 10.8. The van der Waals surface area contributed by atoms with Crippen LogP contribution in [0.5, 0.6) is 0 Å². The summed E-state index contributed by atoms with van der Waals surface area (Å²) < 4.78 is 4.98. The van der Waals surface area contributed by atoms with Crippen molar-refractivity contribution in [1.29, 1.82) is 0 Å². The van der Waals surface area contributed by atoms with E-state index in [1.165, 1.54) is 29.2 Å². The van der Waals surface area contributed by atoms with Crippen molar-refractivity contribution in [3.63, 3.8) is 0 Å². The van der Waals surface area contributed by atoms with Crippen LogP contribution in [0, 0.1) is 0 Å². The number of allylic oxidation sites excluding steroid dienone is 1. The van der Waals surface area contributed by atoms with Crippen LogP contribution in [-0.2, 0) is 4.74 Å². The second-order valence-electron chi connectivity index (χ2n) is 5.06. The van der Waals surface area contributed by atoms with E-state index >= 15 is 0 Å². The zero-order valence-electron chi connectivity index (χ0n) is 12.4. The van der Waals surface area contributed by atoms with Gasteiger partial charge < -0.3 is 15.6 Å². The minimum absolute atomic E-state index is 0.0833. The fraction of sp³-hybridized carbons (Fsp3) is 0.167. The Bertz CT molecular complexity index is 645. The highest BCUT2D eigenvalue weighted by Crippen LogP contribution is 2.44. The molecule has 0 spiro atoms. The van der Waals surface area contributed by atoms with E-state index in [4.69, 9.17) is 10.5 Å². The van der Waals surface area contributed by atoms with Gasteiger partial charge in [0.05, 0.1) is 0 Å². The minimum Gasteiger partial charge on any atom is -0.876 e. The molecule has 114 valence electrons. The van der Waals surface area contributed by atoms with Gasteiger partial charge >= 0.3 is 6.09 Å². The Morgan fingerprint density at radius 2 is 1.55 bits per heavy atom. The summed E-state index contributed by atoms with van der Waals surface area (Å²) in [5.74, 6) is 0.00454. The summed E-state index contributed by atoms with van der Waals surface area (Å²) in [5, 5.41) is 9.33. The number of carbonyl (C=O) groups excluding carboxylic acids is 1. The van der Waals surface area contributed by atoms with Gasteiger partial charge in [-0.05, 0) is 22.3 Å². The average molecular weight is 296 g/mol. The number of hydrogen-bond donors (Lipinski definition) is 1. The number of nitrogens with two attached hydrogens (primary N) is 1. The van der Waals surface area contributed by atoms with Gasteiger partial charge in [0.15, 0.2) is 0 Å². The van der Waals surface area contributed by atoms with Gasteiger partial charge in [-0.1, -0.05) is 55.5 Å². The molecule has 2 aromatic carbocycles. The van der Waals surface area contributed by atoms with Gasteiger partial charge in [0.2, 0.25) is 0 Å². The molecule has 0 unspecified atom stereocenters. The van der Waals surface area contributed by atoms with Gasteiger partial charge in [0.1, 0.15) is 6.61 Å². The van der Waals surface area contributed by atoms with Crippen molar-refractivity contribution in [2.24, 2.45) is 5.73 Å². The van der Waals surface area contributed by atoms with Crippen molar-refractivity contribution in [1.82, 2.24) is 0 Å². The smallest absolute Gasteiger partial charge is 0.404 e. The molecule has 0 aliphatic heterocycles. The van der Waals surface area contributed by atoms with E-state index in [1.54, 1.807) is 0 Å². The Hall–Kier alpha value is -2.75. The van der Waals surface area contributed by atoms with Gasteiger partial charge in [-0.15, -0.1) is 12.3 Å². The number of rotatable bonds is 2. The Morgan fingerprint density at radius 1 is 1.14 bits per heavy atom. The first kappa shape index (κ1) is 15.6. The molecular formula is C18H18NO3-. The Balaban J connectivity index is 0.000000396. The quantitative estimate of drug-likeness (QED) is 0.866. The lowest BCUT2D eigenvalue weighted by Gasteiger charge is -2.12. The zero-order valence-corrected chi connectivity index (χ0v) is 12.4. The molecule has 3 rings (SSSR count). The van der Waals surface area contributed by atoms with Crippen LogP contribution >= 0.6 is 0 Å². The summed E-state index contributed by atoms with van der Waals surface area (Å²) in [6, 6.07) is 16.4. The number of fused-ring (bicyclic) bond motifs is 3. The molecule has 0 bridgehead atoms. The fourth-order valence-corrected chi connectivity index (χ4v) is 2.60. The summed E-state index contributed by atoms with van der Waals surface area (Å²) in [6.07, 6.45) is -0.725. The van der Waals surface area contributed by atoms with Crippen LogP contribution in [0.15, 0.2) is 60.9 Å². The molecule has 4 heteroatoms. The van der Waals surface area contributed by atoms with Gasteiger partial charge in [0, 0.05) is 5.92 Å². The molecule has 1 amide bonds. The van der Waals surface area contributed by atoms with E-state index in [0.29, 0.717) is 6.61 Å². The number of amides is 1. The van der Waals surface area contributed by atoms with E-state index in [0.717, 1.165) is 0 Å². The van der Waals surface area contributed by atoms with E-state index in [1.807, 2.05) is 24.3 Å². The summed E-state index contributed by atoms with van der Waals surface area (Å²) >= 11 is 0. The van der Waals surface area contributed by atoms with Crippen molar-refractivity contribution in [2.75, 3.05) is 6.61 Å². The largest absolute Gasteiger partial charge is 0.876 e. The average Bonchev–Trinajstić information content (AvgIpc) is 2.79. The first-order valence-corrected chi connectivity index (χ1v) is 6.93. The number of primary amides is 1. The van der Waals surface area contributed by atoms with Crippen molar-refractivity contribution < 1.29 is 14.6 Å². The molecule has 0 aromatic heterocycles. The first-order chi connectivity index (χ1) is 10.5. The fourth-order valence-electron chi connectivity index (χ4n) is 2.60. The first-order valence-electron chi connectivity index (χ1n) is 6.93. The molecule has 1 aliphatic carbocycles. The van der Waals surface area contributed by atoms with Crippen molar-refractivity contribution >= 4 is 6.09 Å². The molecular weight excluding hydrogens is 278 g/mol. The molecule has 2 aromatic rings. The standard InChI is InChI=1S/C15H13NO2.C3H6O/c16-15(17)18-9-14-12-7-3-1-5-10(12)11-6-2-4-8-13(11)14;1-3(2)4/h1-8,14H,9H2,(H2,16,17);4H,1H2,2H3/p-1. The normalized spacial score (nSPS) is 11.7. The molecule has 0 atom stereocenters. The molecule has 4 nitrogen and oxygen atoms in total. The Labute approximate surface area is 129 Å². The van der Waals surface area contributed by atoms with Gasteiger partial charge in [-0.2, -0.15) is 0 Å². The number of hydrogen-bond acceptors (Lipinski definition) is 3. The molecule has 0 heterocycles. The molecule has 0 fully saturated rings. The SMILES string of the molecule is C=C(C)[O-].NC(=O)OCC1c2ccccc2-c2ccccc21. The molecule has 2 N–H and O–H groups in total. The topological polar surface area (TPSA) is 75.4 Å². The third kappa shape index (κ3) is 3.47. The van der Waals surface area contributed by atoms with Crippen LogP contribution in [-0.4, -0.2) is 12.7 Å². The minimum atomic E-state index is -0.725. The van der Waals surface area contributed by atoms with Crippen LogP contribution in [0.1, 0.15) is 24.0 Å². The van der Waals surface area contributed by atoms with Crippen molar-refractivity contribution in [2.45, 2.75) is 12.8 Å². The summed E-state index contributed by atoms with van der Waals surface area (Å²) in [5.41, 5.74) is 9.87. The number of benzene rings is 2. The van der Waals surface area contributed by atoms with Crippen LogP contribution in [0.25, 0.3) is 11.1 Å². The predicted octanol–water partition coefficient (Wildman–Crippen LogP) is 2.77. The Kier molecular flexibility index (Phi) is 4.84. The van der Waals surface area contributed by atoms with Crippen LogP contribution in [0.4, 0.5) is 4.79 Å².